The van der Waals surface area contributed by atoms with Crippen molar-refractivity contribution in [3.05, 3.63) is 89.4 Å². The number of amides is 1. The zero-order chi connectivity index (χ0) is 38.5. The molecule has 5 rings (SSSR count). The van der Waals surface area contributed by atoms with E-state index < -0.39 is 17.3 Å². The quantitative estimate of drug-likeness (QED) is 0.0557. The molecule has 1 amide bonds. The lowest BCUT2D eigenvalue weighted by atomic mass is 9.91. The van der Waals surface area contributed by atoms with Gasteiger partial charge in [0.05, 0.1) is 11.2 Å². The predicted molar refractivity (Wildman–Crippen MR) is 190 cm³/mol. The summed E-state index contributed by atoms with van der Waals surface area (Å²) in [6.45, 7) is 4.55. The van der Waals surface area contributed by atoms with Crippen molar-refractivity contribution < 1.29 is 39.2 Å². The number of ether oxygens (including phenoxy) is 1. The van der Waals surface area contributed by atoms with Crippen LogP contribution in [0.4, 0.5) is 10.2 Å². The first-order valence-corrected chi connectivity index (χ1v) is 16.2. The van der Waals surface area contributed by atoms with Crippen LogP contribution in [0, 0.1) is 28.5 Å². The van der Waals surface area contributed by atoms with E-state index in [1.165, 1.54) is 29.8 Å². The first-order chi connectivity index (χ1) is 25.4. The summed E-state index contributed by atoms with van der Waals surface area (Å²) in [5.41, 5.74) is 3.07. The molecule has 274 valence electrons. The molecule has 0 saturated carbocycles. The molecule has 0 unspecified atom stereocenters. The van der Waals surface area contributed by atoms with Crippen LogP contribution in [0.3, 0.4) is 0 Å². The maximum Gasteiger partial charge on any atom is 0.290 e. The van der Waals surface area contributed by atoms with Gasteiger partial charge in [-0.1, -0.05) is 12.1 Å². The molecule has 0 atom stereocenters. The Bertz CT molecular complexity index is 2030. The van der Waals surface area contributed by atoms with Gasteiger partial charge in [0.1, 0.15) is 35.9 Å². The summed E-state index contributed by atoms with van der Waals surface area (Å²) in [4.78, 5) is 34.6. The number of phenols is 1. The molecule has 6 N–H and O–H groups in total. The molecule has 1 aliphatic rings. The van der Waals surface area contributed by atoms with E-state index in [0.29, 0.717) is 53.5 Å². The summed E-state index contributed by atoms with van der Waals surface area (Å²) < 4.78 is 20.5. The topological polar surface area (TPSA) is 238 Å². The molecule has 2 aromatic carbocycles. The largest absolute Gasteiger partial charge is 0.504 e. The number of halogens is 1. The van der Waals surface area contributed by atoms with Gasteiger partial charge in [0.2, 0.25) is 0 Å². The van der Waals surface area contributed by atoms with Gasteiger partial charge in [-0.15, -0.1) is 0 Å². The Balaban J connectivity index is 0.00000202. The number of aromatic hydroxyl groups is 1. The van der Waals surface area contributed by atoms with Gasteiger partial charge in [0.15, 0.2) is 17.3 Å². The molecule has 2 aromatic heterocycles. The number of rotatable bonds is 11. The molecule has 0 spiro atoms. The van der Waals surface area contributed by atoms with Gasteiger partial charge >= 0.3 is 0 Å². The average molecular weight is 725 g/mol. The normalized spacial score (nSPS) is 13.0. The van der Waals surface area contributed by atoms with Gasteiger partial charge in [-0.3, -0.25) is 14.8 Å². The lowest BCUT2D eigenvalue weighted by Gasteiger charge is -2.34. The van der Waals surface area contributed by atoms with Gasteiger partial charge in [0, 0.05) is 67.0 Å². The van der Waals surface area contributed by atoms with Crippen LogP contribution in [0.2, 0.25) is 0 Å². The number of carbonyl (C=O) groups is 2. The lowest BCUT2D eigenvalue weighted by molar-refractivity contribution is -0.124. The average Bonchev–Trinajstić information content (AvgIpc) is 3.15. The van der Waals surface area contributed by atoms with Gasteiger partial charge in [-0.25, -0.2) is 24.8 Å². The molecule has 1 aliphatic heterocycles. The van der Waals surface area contributed by atoms with Crippen molar-refractivity contribution in [3.8, 4) is 45.9 Å². The second-order valence-electron chi connectivity index (χ2n) is 12.5. The number of carbonyl (C=O) groups excluding carboxylic acids is 1. The highest BCUT2D eigenvalue weighted by Crippen LogP contribution is 2.41. The number of nitriles is 2. The third-order valence-electron chi connectivity index (χ3n) is 8.01. The van der Waals surface area contributed by atoms with Crippen molar-refractivity contribution >= 4 is 24.3 Å². The Morgan fingerprint density at radius 3 is 2.34 bits per heavy atom. The third-order valence-corrected chi connectivity index (χ3v) is 8.01. The van der Waals surface area contributed by atoms with Crippen molar-refractivity contribution in [3.63, 3.8) is 0 Å². The fraction of sp³-hybridized carbons (Fsp3) is 0.270. The maximum absolute atomic E-state index is 14.9. The Morgan fingerprint density at radius 2 is 1.75 bits per heavy atom. The number of hydrogen-bond acceptors (Lipinski definition) is 13. The van der Waals surface area contributed by atoms with Crippen LogP contribution >= 0.6 is 0 Å². The summed E-state index contributed by atoms with van der Waals surface area (Å²) >= 11 is 0. The number of hydroxylamine groups is 1. The second kappa shape index (κ2) is 18.2. The minimum absolute atomic E-state index is 0.0505. The smallest absolute Gasteiger partial charge is 0.290 e. The van der Waals surface area contributed by atoms with E-state index in [0.717, 1.165) is 24.5 Å². The molecule has 53 heavy (non-hydrogen) atoms. The number of aliphatic hydroxyl groups is 1. The van der Waals surface area contributed by atoms with Crippen molar-refractivity contribution in [1.29, 1.82) is 10.5 Å². The molecule has 0 radical (unpaired) electrons. The van der Waals surface area contributed by atoms with Crippen molar-refractivity contribution in [1.82, 2.24) is 25.7 Å². The molecular formula is C37H37FN8O7. The van der Waals surface area contributed by atoms with Crippen LogP contribution in [0.15, 0.2) is 61.1 Å². The number of benzene rings is 2. The highest BCUT2D eigenvalue weighted by Gasteiger charge is 2.26. The highest BCUT2D eigenvalue weighted by molar-refractivity contribution is 5.91. The number of pyridine rings is 1. The maximum atomic E-state index is 14.9. The Morgan fingerprint density at radius 1 is 1.08 bits per heavy atom. The lowest BCUT2D eigenvalue weighted by Crippen LogP contribution is -2.43. The third kappa shape index (κ3) is 10.5. The molecule has 1 fully saturated rings. The predicted octanol–water partition coefficient (Wildman–Crippen LogP) is 3.92. The number of piperidine rings is 1. The molecule has 16 heteroatoms. The van der Waals surface area contributed by atoms with Crippen molar-refractivity contribution in [2.75, 3.05) is 24.6 Å². The van der Waals surface area contributed by atoms with E-state index in [4.69, 9.17) is 24.8 Å². The van der Waals surface area contributed by atoms with Gasteiger partial charge in [0.25, 0.3) is 12.4 Å². The Kier molecular flexibility index (Phi) is 13.5. The summed E-state index contributed by atoms with van der Waals surface area (Å²) in [7, 11) is 0. The number of nitrogens with one attached hydrogen (secondary N) is 2. The van der Waals surface area contributed by atoms with Crippen LogP contribution in [0.5, 0.6) is 11.5 Å². The Hall–Kier alpha value is -6.46. The van der Waals surface area contributed by atoms with E-state index in [1.54, 1.807) is 50.6 Å². The first-order valence-electron chi connectivity index (χ1n) is 16.2. The number of nitrogens with zero attached hydrogens (tertiary/aromatic N) is 6. The van der Waals surface area contributed by atoms with Crippen LogP contribution < -0.4 is 20.4 Å². The van der Waals surface area contributed by atoms with Crippen LogP contribution in [-0.2, 0) is 16.1 Å². The monoisotopic (exact) mass is 724 g/mol. The first kappa shape index (κ1) is 39.3. The zero-order valence-electron chi connectivity index (χ0n) is 28.8. The van der Waals surface area contributed by atoms with E-state index in [-0.39, 0.29) is 41.7 Å². The summed E-state index contributed by atoms with van der Waals surface area (Å²) in [6.07, 6.45) is 8.88. The number of hydrogen-bond donors (Lipinski definition) is 6. The standard InChI is InChI=1S/C36H35FN8O5.CH2O2/c1-36(2,48)21-50-31-6-5-23(14-30(31)46)28-20-43-35(27(16-39)34(28)24-3-4-25(15-38)29(37)13-24)45-11-9-26(10-12-45)40-17-22-18-41-32(42-19-22)7-8-33(47)44-49;2-1-3/h3-8,13-14,18-20,26,40,46,48-49H,9-12,17,21H2,1-2H3,(H,44,47);1H,(H,2,3)/b8-7+;. The molecule has 15 nitrogen and oxygen atoms in total. The zero-order valence-corrected chi connectivity index (χ0v) is 28.8. The van der Waals surface area contributed by atoms with Crippen LogP contribution in [0.25, 0.3) is 28.3 Å². The van der Waals surface area contributed by atoms with Crippen LogP contribution in [0.1, 0.15) is 49.2 Å². The molecular weight excluding hydrogens is 687 g/mol. The van der Waals surface area contributed by atoms with Crippen molar-refractivity contribution in [2.24, 2.45) is 0 Å². The fourth-order valence-corrected chi connectivity index (χ4v) is 5.48. The number of anilines is 1. The minimum atomic E-state index is -1.12. The van der Waals surface area contributed by atoms with Crippen LogP contribution in [-0.4, -0.2) is 79.2 Å². The van der Waals surface area contributed by atoms with Gasteiger partial charge in [-0.05, 0) is 68.2 Å². The molecule has 0 aliphatic carbocycles. The van der Waals surface area contributed by atoms with E-state index in [1.807, 2.05) is 11.0 Å². The number of carboxylic acid groups (broad SMARTS) is 1. The van der Waals surface area contributed by atoms with Crippen molar-refractivity contribution in [2.45, 2.75) is 44.9 Å². The van der Waals surface area contributed by atoms with E-state index >= 15 is 0 Å². The molecule has 1 saturated heterocycles. The summed E-state index contributed by atoms with van der Waals surface area (Å²) in [5.74, 6) is -0.670. The minimum Gasteiger partial charge on any atom is -0.504 e. The second-order valence-corrected chi connectivity index (χ2v) is 12.5. The van der Waals surface area contributed by atoms with Gasteiger partial charge < -0.3 is 30.3 Å². The molecule has 3 heterocycles. The molecule has 0 bridgehead atoms. The van der Waals surface area contributed by atoms with Gasteiger partial charge in [-0.2, -0.15) is 10.5 Å². The van der Waals surface area contributed by atoms with E-state index in [2.05, 4.69) is 21.4 Å². The number of phenolic OH excluding ortho intramolecular Hbond substituents is 1. The summed E-state index contributed by atoms with van der Waals surface area (Å²) in [6, 6.07) is 13.1. The summed E-state index contributed by atoms with van der Waals surface area (Å²) in [5, 5.41) is 59.6. The van der Waals surface area contributed by atoms with E-state index in [9.17, 15) is 29.9 Å². The molecule has 4 aromatic rings. The Labute approximate surface area is 304 Å². The SMILES string of the molecule is CC(C)(O)COc1ccc(-c2cnc(N3CCC(NCc4cnc(/C=C/C(=O)NO)nc4)CC3)c(C#N)c2-c2ccc(C#N)c(F)c2)cc1O.O=CO. The fourth-order valence-electron chi connectivity index (χ4n) is 5.48. The number of aromatic nitrogens is 3. The highest BCUT2D eigenvalue weighted by atomic mass is 19.1.